The Hall–Kier alpha value is -3.45. The van der Waals surface area contributed by atoms with Crippen molar-refractivity contribution in [2.45, 2.75) is 30.4 Å². The molecule has 0 spiro atoms. The van der Waals surface area contributed by atoms with Crippen LogP contribution in [0.1, 0.15) is 20.3 Å². The average Bonchev–Trinajstić information content (AvgIpc) is 2.83. The van der Waals surface area contributed by atoms with Gasteiger partial charge in [0.05, 0.1) is 17.5 Å². The number of anilines is 2. The van der Waals surface area contributed by atoms with Crippen LogP contribution in [0.25, 0.3) is 0 Å². The van der Waals surface area contributed by atoms with Gasteiger partial charge in [-0.3, -0.25) is 9.59 Å². The fourth-order valence-electron chi connectivity index (χ4n) is 3.06. The van der Waals surface area contributed by atoms with Crippen LogP contribution >= 0.6 is 11.8 Å². The molecule has 3 rings (SSSR count). The molecule has 172 valence electrons. The molecule has 0 fully saturated rings. The Labute approximate surface area is 198 Å². The molecule has 0 saturated heterocycles. The van der Waals surface area contributed by atoms with Gasteiger partial charge >= 0.3 is 0 Å². The zero-order valence-electron chi connectivity index (χ0n) is 18.7. The number of nitrogens with one attached hydrogen (secondary N) is 2. The Morgan fingerprint density at radius 2 is 1.64 bits per heavy atom. The third-order valence-electron chi connectivity index (χ3n) is 4.62. The van der Waals surface area contributed by atoms with Crippen LogP contribution in [0, 0.1) is 0 Å². The molecule has 0 aromatic heterocycles. The number of para-hydroxylation sites is 3. The maximum Gasteiger partial charge on any atom is 0.262 e. The molecule has 0 bridgehead atoms. The van der Waals surface area contributed by atoms with E-state index in [-0.39, 0.29) is 23.7 Å². The van der Waals surface area contributed by atoms with Crippen molar-refractivity contribution in [2.75, 3.05) is 23.8 Å². The smallest absolute Gasteiger partial charge is 0.262 e. The molecule has 2 N–H and O–H groups in total. The van der Waals surface area contributed by atoms with Crippen LogP contribution in [0.5, 0.6) is 11.5 Å². The summed E-state index contributed by atoms with van der Waals surface area (Å²) in [6.45, 7) is 4.31. The van der Waals surface area contributed by atoms with E-state index in [1.807, 2.05) is 80.6 Å². The number of thioether (sulfide) groups is 1. The topological polar surface area (TPSA) is 76.7 Å². The van der Waals surface area contributed by atoms with Gasteiger partial charge in [0.25, 0.3) is 5.91 Å². The van der Waals surface area contributed by atoms with Crippen molar-refractivity contribution in [3.05, 3.63) is 78.9 Å². The maximum atomic E-state index is 12.9. The van der Waals surface area contributed by atoms with Gasteiger partial charge in [0.1, 0.15) is 11.5 Å². The average molecular weight is 465 g/mol. The second kappa shape index (κ2) is 12.6. The highest BCUT2D eigenvalue weighted by Gasteiger charge is 2.19. The molecule has 0 aliphatic heterocycles. The molecular weight excluding hydrogens is 436 g/mol. The number of hydrogen-bond acceptors (Lipinski definition) is 5. The predicted octanol–water partition coefficient (Wildman–Crippen LogP) is 5.61. The second-order valence-electron chi connectivity index (χ2n) is 7.11. The number of rotatable bonds is 11. The number of amides is 2. The van der Waals surface area contributed by atoms with E-state index in [2.05, 4.69) is 10.6 Å². The normalized spacial score (nSPS) is 11.3. The summed E-state index contributed by atoms with van der Waals surface area (Å²) in [6.07, 6.45) is 0.648. The Morgan fingerprint density at radius 3 is 2.39 bits per heavy atom. The minimum absolute atomic E-state index is 0.0827. The molecule has 0 aliphatic rings. The summed E-state index contributed by atoms with van der Waals surface area (Å²) in [5.41, 5.74) is 1.31. The Morgan fingerprint density at radius 1 is 0.879 bits per heavy atom. The number of carbonyl (C=O) groups is 2. The van der Waals surface area contributed by atoms with Crippen molar-refractivity contribution in [3.8, 4) is 11.5 Å². The van der Waals surface area contributed by atoms with Crippen molar-refractivity contribution < 1.29 is 19.1 Å². The van der Waals surface area contributed by atoms with Gasteiger partial charge in [-0.25, -0.2) is 0 Å². The highest BCUT2D eigenvalue weighted by atomic mass is 32.2. The van der Waals surface area contributed by atoms with Crippen LogP contribution in [0.4, 0.5) is 11.4 Å². The lowest BCUT2D eigenvalue weighted by atomic mass is 10.2. The molecular formula is C26H28N2O4S. The van der Waals surface area contributed by atoms with Crippen molar-refractivity contribution in [1.82, 2.24) is 0 Å². The lowest BCUT2D eigenvalue weighted by molar-refractivity contribution is -0.118. The largest absolute Gasteiger partial charge is 0.492 e. The molecule has 1 unspecified atom stereocenters. The summed E-state index contributed by atoms with van der Waals surface area (Å²) in [4.78, 5) is 26.1. The van der Waals surface area contributed by atoms with Gasteiger partial charge in [-0.05, 0) is 55.8 Å². The Bertz CT molecular complexity index is 1060. The van der Waals surface area contributed by atoms with Gasteiger partial charge in [-0.15, -0.1) is 11.8 Å². The monoisotopic (exact) mass is 464 g/mol. The molecule has 7 heteroatoms. The van der Waals surface area contributed by atoms with Crippen molar-refractivity contribution in [1.29, 1.82) is 0 Å². The quantitative estimate of drug-likeness (QED) is 0.361. The van der Waals surface area contributed by atoms with E-state index in [0.717, 1.165) is 4.90 Å². The molecule has 33 heavy (non-hydrogen) atoms. The van der Waals surface area contributed by atoms with Crippen LogP contribution in [0.2, 0.25) is 0 Å². The molecule has 0 saturated carbocycles. The van der Waals surface area contributed by atoms with E-state index < -0.39 is 0 Å². The first-order valence-electron chi connectivity index (χ1n) is 10.9. The van der Waals surface area contributed by atoms with E-state index in [4.69, 9.17) is 9.47 Å². The van der Waals surface area contributed by atoms with Gasteiger partial charge in [-0.2, -0.15) is 0 Å². The standard InChI is InChI=1S/C26H28N2O4S/c1-3-24(26(30)28-22-15-8-9-16-23(22)31-4-2)33-21-14-10-11-19(17-21)27-25(29)18-32-20-12-6-5-7-13-20/h5-17,24H,3-4,18H2,1-2H3,(H,27,29)(H,28,30). The number of benzene rings is 3. The zero-order chi connectivity index (χ0) is 23.5. The SMILES string of the molecule is CCOc1ccccc1NC(=O)C(CC)Sc1cccc(NC(=O)COc2ccccc2)c1. The third-order valence-corrected chi connectivity index (χ3v) is 5.98. The van der Waals surface area contributed by atoms with Crippen LogP contribution in [-0.2, 0) is 9.59 Å². The van der Waals surface area contributed by atoms with E-state index in [0.29, 0.717) is 35.9 Å². The van der Waals surface area contributed by atoms with Gasteiger partial charge in [0.15, 0.2) is 6.61 Å². The maximum absolute atomic E-state index is 12.9. The Balaban J connectivity index is 1.58. The molecule has 3 aromatic rings. The summed E-state index contributed by atoms with van der Waals surface area (Å²) >= 11 is 1.45. The first kappa shape index (κ1) is 24.2. The predicted molar refractivity (Wildman–Crippen MR) is 133 cm³/mol. The number of hydrogen-bond donors (Lipinski definition) is 2. The summed E-state index contributed by atoms with van der Waals surface area (Å²) in [7, 11) is 0. The lowest BCUT2D eigenvalue weighted by Gasteiger charge is -2.17. The number of carbonyl (C=O) groups excluding carboxylic acids is 2. The molecule has 1 atom stereocenters. The van der Waals surface area contributed by atoms with E-state index >= 15 is 0 Å². The summed E-state index contributed by atoms with van der Waals surface area (Å²) in [5, 5.41) is 5.52. The van der Waals surface area contributed by atoms with Gasteiger partial charge in [0.2, 0.25) is 5.91 Å². The summed E-state index contributed by atoms with van der Waals surface area (Å²) < 4.78 is 11.1. The number of ether oxygens (including phenoxy) is 2. The molecule has 0 aliphatic carbocycles. The van der Waals surface area contributed by atoms with E-state index in [9.17, 15) is 9.59 Å². The van der Waals surface area contributed by atoms with Gasteiger partial charge in [0, 0.05) is 10.6 Å². The molecule has 3 aromatic carbocycles. The third kappa shape index (κ3) is 7.57. The second-order valence-corrected chi connectivity index (χ2v) is 8.39. The first-order chi connectivity index (χ1) is 16.1. The highest BCUT2D eigenvalue weighted by Crippen LogP contribution is 2.30. The summed E-state index contributed by atoms with van der Waals surface area (Å²) in [5.74, 6) is 0.939. The molecule has 0 heterocycles. The van der Waals surface area contributed by atoms with Gasteiger partial charge < -0.3 is 20.1 Å². The van der Waals surface area contributed by atoms with E-state index in [1.54, 1.807) is 12.1 Å². The summed E-state index contributed by atoms with van der Waals surface area (Å²) in [6, 6.07) is 24.0. The minimum atomic E-state index is -0.299. The lowest BCUT2D eigenvalue weighted by Crippen LogP contribution is -2.25. The zero-order valence-corrected chi connectivity index (χ0v) is 19.6. The van der Waals surface area contributed by atoms with Crippen molar-refractivity contribution >= 4 is 35.0 Å². The first-order valence-corrected chi connectivity index (χ1v) is 11.7. The van der Waals surface area contributed by atoms with Crippen LogP contribution in [0.15, 0.2) is 83.8 Å². The fraction of sp³-hybridized carbons (Fsp3) is 0.231. The van der Waals surface area contributed by atoms with Crippen molar-refractivity contribution in [3.63, 3.8) is 0 Å². The van der Waals surface area contributed by atoms with Crippen LogP contribution in [0.3, 0.4) is 0 Å². The molecule has 0 radical (unpaired) electrons. The Kier molecular flexibility index (Phi) is 9.20. The highest BCUT2D eigenvalue weighted by molar-refractivity contribution is 8.00. The van der Waals surface area contributed by atoms with Gasteiger partial charge in [-0.1, -0.05) is 43.3 Å². The fourth-order valence-corrected chi connectivity index (χ4v) is 4.07. The van der Waals surface area contributed by atoms with Crippen LogP contribution in [-0.4, -0.2) is 30.3 Å². The molecule has 2 amide bonds. The minimum Gasteiger partial charge on any atom is -0.492 e. The molecule has 6 nitrogen and oxygen atoms in total. The van der Waals surface area contributed by atoms with Crippen molar-refractivity contribution in [2.24, 2.45) is 0 Å². The van der Waals surface area contributed by atoms with Crippen LogP contribution < -0.4 is 20.1 Å². The van der Waals surface area contributed by atoms with E-state index in [1.165, 1.54) is 11.8 Å².